The molecule has 0 heterocycles. The Balaban J connectivity index is 2.09. The number of carbonyl (C=O) groups is 2. The fraction of sp³-hybridized carbons (Fsp3) is 0.852. The van der Waals surface area contributed by atoms with Crippen LogP contribution in [0.15, 0.2) is 12.3 Å². The highest BCUT2D eigenvalue weighted by Crippen LogP contribution is 2.54. The SMILES string of the molecule is C=C(NCCCN(C)C)C(C)(C)CC(CC(CC1C(C)C2CC(O)C1C2)C(N)=O)C(=O)NCCO. The molecule has 2 bridgehead atoms. The molecule has 2 aliphatic rings. The number of rotatable bonds is 16. The maximum atomic E-state index is 13.1. The Morgan fingerprint density at radius 2 is 1.86 bits per heavy atom. The maximum Gasteiger partial charge on any atom is 0.223 e. The molecule has 0 aromatic rings. The van der Waals surface area contributed by atoms with Crippen LogP contribution in [-0.4, -0.2) is 73.4 Å². The molecule has 7 atom stereocenters. The molecule has 2 rings (SSSR count). The summed E-state index contributed by atoms with van der Waals surface area (Å²) in [6.07, 6.45) is 4.06. The predicted octanol–water partition coefficient (Wildman–Crippen LogP) is 1.72. The molecule has 0 saturated heterocycles. The van der Waals surface area contributed by atoms with Gasteiger partial charge in [0.1, 0.15) is 0 Å². The summed E-state index contributed by atoms with van der Waals surface area (Å²) in [6, 6.07) is 0. The van der Waals surface area contributed by atoms with Crippen molar-refractivity contribution in [3.63, 3.8) is 0 Å². The van der Waals surface area contributed by atoms with Gasteiger partial charge in [-0.2, -0.15) is 0 Å². The minimum Gasteiger partial charge on any atom is -0.395 e. The van der Waals surface area contributed by atoms with Crippen LogP contribution in [0.5, 0.6) is 0 Å². The van der Waals surface area contributed by atoms with Crippen molar-refractivity contribution in [2.24, 2.45) is 46.7 Å². The van der Waals surface area contributed by atoms with Gasteiger partial charge in [0.05, 0.1) is 12.7 Å². The molecular weight excluding hydrogens is 444 g/mol. The van der Waals surface area contributed by atoms with Crippen LogP contribution in [0, 0.1) is 40.9 Å². The molecule has 0 aromatic carbocycles. The van der Waals surface area contributed by atoms with E-state index in [2.05, 4.69) is 42.9 Å². The third kappa shape index (κ3) is 8.19. The van der Waals surface area contributed by atoms with Crippen molar-refractivity contribution in [3.05, 3.63) is 12.3 Å². The number of allylic oxidation sites excluding steroid dienone is 1. The van der Waals surface area contributed by atoms with Crippen LogP contribution in [0.1, 0.15) is 59.3 Å². The van der Waals surface area contributed by atoms with Gasteiger partial charge in [-0.3, -0.25) is 9.59 Å². The van der Waals surface area contributed by atoms with E-state index in [1.54, 1.807) is 0 Å². The largest absolute Gasteiger partial charge is 0.395 e. The zero-order chi connectivity index (χ0) is 26.3. The number of hydrogen-bond donors (Lipinski definition) is 5. The number of carbonyl (C=O) groups excluding carboxylic acids is 2. The first-order valence-electron chi connectivity index (χ1n) is 13.3. The summed E-state index contributed by atoms with van der Waals surface area (Å²) in [5.41, 5.74) is 6.36. The Hall–Kier alpha value is -1.64. The van der Waals surface area contributed by atoms with Crippen molar-refractivity contribution in [1.29, 1.82) is 0 Å². The molecule has 8 heteroatoms. The summed E-state index contributed by atoms with van der Waals surface area (Å²) in [5.74, 6) is 0.0224. The van der Waals surface area contributed by atoms with Crippen LogP contribution in [0.4, 0.5) is 0 Å². The van der Waals surface area contributed by atoms with E-state index in [1.807, 2.05) is 14.1 Å². The van der Waals surface area contributed by atoms with E-state index in [0.717, 1.165) is 38.0 Å². The van der Waals surface area contributed by atoms with Crippen LogP contribution < -0.4 is 16.4 Å². The average molecular weight is 495 g/mol. The topological polar surface area (TPSA) is 128 Å². The third-order valence-corrected chi connectivity index (χ3v) is 8.59. The number of fused-ring (bicyclic) bond motifs is 2. The van der Waals surface area contributed by atoms with E-state index >= 15 is 0 Å². The fourth-order valence-electron chi connectivity index (χ4n) is 6.33. The highest BCUT2D eigenvalue weighted by atomic mass is 16.3. The van der Waals surface area contributed by atoms with Crippen LogP contribution >= 0.6 is 0 Å². The van der Waals surface area contributed by atoms with Gasteiger partial charge >= 0.3 is 0 Å². The van der Waals surface area contributed by atoms with Crippen molar-refractivity contribution in [1.82, 2.24) is 15.5 Å². The molecule has 6 N–H and O–H groups in total. The summed E-state index contributed by atoms with van der Waals surface area (Å²) in [5, 5.41) is 25.9. The second-order valence-corrected chi connectivity index (χ2v) is 11.9. The molecule has 0 radical (unpaired) electrons. The molecule has 0 aromatic heterocycles. The van der Waals surface area contributed by atoms with Gasteiger partial charge in [0, 0.05) is 36.0 Å². The Bertz CT molecular complexity index is 726. The number of primary amides is 1. The number of hydrogen-bond acceptors (Lipinski definition) is 6. The van der Waals surface area contributed by atoms with Gasteiger partial charge in [0.2, 0.25) is 11.8 Å². The van der Waals surface area contributed by atoms with Gasteiger partial charge in [0.15, 0.2) is 0 Å². The van der Waals surface area contributed by atoms with E-state index in [1.165, 1.54) is 0 Å². The van der Waals surface area contributed by atoms with Crippen LogP contribution in [0.2, 0.25) is 0 Å². The number of aliphatic hydroxyl groups is 2. The summed E-state index contributed by atoms with van der Waals surface area (Å²) >= 11 is 0. The quantitative estimate of drug-likeness (QED) is 0.208. The molecule has 2 aliphatic carbocycles. The highest BCUT2D eigenvalue weighted by Gasteiger charge is 2.51. The summed E-state index contributed by atoms with van der Waals surface area (Å²) in [4.78, 5) is 27.8. The molecule has 8 nitrogen and oxygen atoms in total. The summed E-state index contributed by atoms with van der Waals surface area (Å²) in [7, 11) is 4.09. The first-order valence-corrected chi connectivity index (χ1v) is 13.3. The van der Waals surface area contributed by atoms with Gasteiger partial charge in [-0.25, -0.2) is 0 Å². The lowest BCUT2D eigenvalue weighted by Gasteiger charge is -2.36. The highest BCUT2D eigenvalue weighted by molar-refractivity contribution is 5.81. The van der Waals surface area contributed by atoms with E-state index in [4.69, 9.17) is 5.73 Å². The van der Waals surface area contributed by atoms with Crippen molar-refractivity contribution >= 4 is 11.8 Å². The van der Waals surface area contributed by atoms with Crippen molar-refractivity contribution in [2.75, 3.05) is 40.3 Å². The molecule has 2 amide bonds. The molecule has 2 saturated carbocycles. The van der Waals surface area contributed by atoms with Crippen LogP contribution in [-0.2, 0) is 9.59 Å². The van der Waals surface area contributed by atoms with Crippen molar-refractivity contribution in [2.45, 2.75) is 65.4 Å². The molecule has 202 valence electrons. The zero-order valence-corrected chi connectivity index (χ0v) is 22.6. The third-order valence-electron chi connectivity index (χ3n) is 8.59. The monoisotopic (exact) mass is 494 g/mol. The van der Waals surface area contributed by atoms with Crippen LogP contribution in [0.25, 0.3) is 0 Å². The van der Waals surface area contributed by atoms with Gasteiger partial charge in [-0.05, 0) is 82.8 Å². The van der Waals surface area contributed by atoms with E-state index < -0.39 is 11.8 Å². The Labute approximate surface area is 212 Å². The molecule has 2 fully saturated rings. The number of nitrogens with one attached hydrogen (secondary N) is 2. The zero-order valence-electron chi connectivity index (χ0n) is 22.6. The minimum absolute atomic E-state index is 0.137. The molecular formula is C27H50N4O4. The Kier molecular flexibility index (Phi) is 11.0. The van der Waals surface area contributed by atoms with Crippen molar-refractivity contribution < 1.29 is 19.8 Å². The van der Waals surface area contributed by atoms with Gasteiger partial charge in [-0.15, -0.1) is 0 Å². The van der Waals surface area contributed by atoms with E-state index in [9.17, 15) is 19.8 Å². The normalized spacial score (nSPS) is 27.6. The molecule has 35 heavy (non-hydrogen) atoms. The Morgan fingerprint density at radius 1 is 1.17 bits per heavy atom. The number of amides is 2. The standard InChI is InChI=1S/C27H50N4O4/c1-17-19-13-23(24(33)15-19)22(17)14-20(25(28)34)12-21(26(35)30-9-11-32)16-27(3,4)18(2)29-8-7-10-31(5)6/h17,19-24,29,32-33H,2,7-16H2,1,3-6H3,(H2,28,34)(H,30,35). The van der Waals surface area contributed by atoms with Gasteiger partial charge in [-0.1, -0.05) is 27.4 Å². The van der Waals surface area contributed by atoms with E-state index in [0.29, 0.717) is 31.1 Å². The van der Waals surface area contributed by atoms with Crippen molar-refractivity contribution in [3.8, 4) is 0 Å². The van der Waals surface area contributed by atoms with Gasteiger partial charge < -0.3 is 31.5 Å². The lowest BCUT2D eigenvalue weighted by atomic mass is 9.71. The lowest BCUT2D eigenvalue weighted by molar-refractivity contribution is -0.128. The average Bonchev–Trinajstić information content (AvgIpc) is 3.30. The lowest BCUT2D eigenvalue weighted by Crippen LogP contribution is -2.40. The molecule has 0 spiro atoms. The predicted molar refractivity (Wildman–Crippen MR) is 139 cm³/mol. The maximum absolute atomic E-state index is 13.1. The second kappa shape index (κ2) is 13.1. The smallest absolute Gasteiger partial charge is 0.223 e. The van der Waals surface area contributed by atoms with Gasteiger partial charge in [0.25, 0.3) is 0 Å². The second-order valence-electron chi connectivity index (χ2n) is 11.9. The van der Waals surface area contributed by atoms with E-state index in [-0.39, 0.29) is 48.3 Å². The number of nitrogens with two attached hydrogens (primary N) is 1. The molecule has 0 aliphatic heterocycles. The first kappa shape index (κ1) is 29.6. The number of aliphatic hydroxyl groups excluding tert-OH is 2. The fourth-order valence-corrected chi connectivity index (χ4v) is 6.33. The number of nitrogens with zero attached hydrogens (tertiary/aromatic N) is 1. The summed E-state index contributed by atoms with van der Waals surface area (Å²) in [6.45, 7) is 12.4. The molecule has 7 unspecified atom stereocenters. The minimum atomic E-state index is -0.437. The Morgan fingerprint density at radius 3 is 2.43 bits per heavy atom. The van der Waals surface area contributed by atoms with Crippen LogP contribution in [0.3, 0.4) is 0 Å². The summed E-state index contributed by atoms with van der Waals surface area (Å²) < 4.78 is 0. The first-order chi connectivity index (χ1) is 16.4.